The van der Waals surface area contributed by atoms with Crippen molar-refractivity contribution in [2.75, 3.05) is 6.54 Å². The molecule has 0 aliphatic rings. The van der Waals surface area contributed by atoms with E-state index in [-0.39, 0.29) is 0 Å². The van der Waals surface area contributed by atoms with Gasteiger partial charge in [-0.05, 0) is 32.2 Å². The van der Waals surface area contributed by atoms with Gasteiger partial charge < -0.3 is 5.32 Å². The van der Waals surface area contributed by atoms with Gasteiger partial charge in [-0.3, -0.25) is 0 Å². The van der Waals surface area contributed by atoms with E-state index in [0.717, 1.165) is 12.5 Å². The molecule has 0 aliphatic carbocycles. The van der Waals surface area contributed by atoms with Gasteiger partial charge in [-0.1, -0.05) is 33.6 Å². The van der Waals surface area contributed by atoms with Crippen molar-refractivity contribution >= 4 is 11.3 Å². The van der Waals surface area contributed by atoms with Gasteiger partial charge in [0.2, 0.25) is 0 Å². The van der Waals surface area contributed by atoms with Crippen LogP contribution in [0.2, 0.25) is 0 Å². The number of nitrogens with zero attached hydrogens (tertiary/aromatic N) is 1. The van der Waals surface area contributed by atoms with Crippen LogP contribution in [-0.4, -0.2) is 11.5 Å². The molecule has 1 N–H and O–H groups in total. The molecule has 0 spiro atoms. The van der Waals surface area contributed by atoms with Gasteiger partial charge in [0.25, 0.3) is 0 Å². The molecule has 0 aliphatic heterocycles. The fourth-order valence-electron chi connectivity index (χ4n) is 2.11. The maximum Gasteiger partial charge on any atom is 0.0897 e. The van der Waals surface area contributed by atoms with Crippen LogP contribution in [0.25, 0.3) is 0 Å². The lowest BCUT2D eigenvalue weighted by Gasteiger charge is -2.21. The predicted octanol–water partition coefficient (Wildman–Crippen LogP) is 4.32. The van der Waals surface area contributed by atoms with Crippen molar-refractivity contribution in [1.29, 1.82) is 0 Å². The maximum absolute atomic E-state index is 4.38. The zero-order valence-corrected chi connectivity index (χ0v) is 12.4. The Morgan fingerprint density at radius 1 is 1.29 bits per heavy atom. The summed E-state index contributed by atoms with van der Waals surface area (Å²) in [5.74, 6) is 0.826. The molecule has 1 rings (SSSR count). The van der Waals surface area contributed by atoms with Crippen molar-refractivity contribution in [3.63, 3.8) is 0 Å². The summed E-state index contributed by atoms with van der Waals surface area (Å²) in [6, 6.07) is 0.506. The van der Waals surface area contributed by atoms with E-state index in [2.05, 4.69) is 44.2 Å². The number of nitrogens with one attached hydrogen (secondary N) is 1. The highest BCUT2D eigenvalue weighted by molar-refractivity contribution is 7.11. The molecule has 1 heterocycles. The Kier molecular flexibility index (Phi) is 6.75. The third kappa shape index (κ3) is 4.76. The quantitative estimate of drug-likeness (QED) is 0.747. The van der Waals surface area contributed by atoms with Crippen molar-refractivity contribution in [3.8, 4) is 0 Å². The van der Waals surface area contributed by atoms with Crippen LogP contribution in [0.15, 0.2) is 6.20 Å². The van der Waals surface area contributed by atoms with Crippen LogP contribution < -0.4 is 5.32 Å². The predicted molar refractivity (Wildman–Crippen MR) is 76.6 cm³/mol. The van der Waals surface area contributed by atoms with E-state index in [0.29, 0.717) is 6.04 Å². The molecule has 0 bridgehead atoms. The highest BCUT2D eigenvalue weighted by atomic mass is 32.1. The normalized spacial score (nSPS) is 13.2. The Morgan fingerprint density at radius 3 is 2.47 bits per heavy atom. The first kappa shape index (κ1) is 14.7. The number of rotatable bonds is 8. The van der Waals surface area contributed by atoms with E-state index < -0.39 is 0 Å². The first-order valence-corrected chi connectivity index (χ1v) is 7.68. The molecule has 1 unspecified atom stereocenters. The lowest BCUT2D eigenvalue weighted by atomic mass is 9.94. The van der Waals surface area contributed by atoms with E-state index in [1.54, 1.807) is 0 Å². The lowest BCUT2D eigenvalue weighted by Crippen LogP contribution is -2.23. The van der Waals surface area contributed by atoms with Crippen LogP contribution in [0, 0.1) is 12.8 Å². The SMILES string of the molecule is CCCNC(CC(CC)CC)c1cnc(C)s1. The van der Waals surface area contributed by atoms with E-state index in [1.807, 2.05) is 11.3 Å². The van der Waals surface area contributed by atoms with Crippen LogP contribution in [0.5, 0.6) is 0 Å². The Bertz CT molecular complexity index is 305. The molecule has 17 heavy (non-hydrogen) atoms. The monoisotopic (exact) mass is 254 g/mol. The first-order chi connectivity index (χ1) is 8.21. The summed E-state index contributed by atoms with van der Waals surface area (Å²) in [6.07, 6.45) is 7.04. The second-order valence-electron chi connectivity index (χ2n) is 4.71. The van der Waals surface area contributed by atoms with Crippen molar-refractivity contribution in [2.24, 2.45) is 5.92 Å². The number of thiazole rings is 1. The summed E-state index contributed by atoms with van der Waals surface area (Å²) < 4.78 is 0. The molecule has 0 saturated heterocycles. The average Bonchev–Trinajstić information content (AvgIpc) is 2.76. The highest BCUT2D eigenvalue weighted by Gasteiger charge is 2.17. The van der Waals surface area contributed by atoms with Gasteiger partial charge in [0.1, 0.15) is 0 Å². The third-order valence-electron chi connectivity index (χ3n) is 3.35. The molecule has 98 valence electrons. The van der Waals surface area contributed by atoms with E-state index >= 15 is 0 Å². The first-order valence-electron chi connectivity index (χ1n) is 6.86. The minimum atomic E-state index is 0.506. The Morgan fingerprint density at radius 2 is 2.00 bits per heavy atom. The van der Waals surface area contributed by atoms with Crippen LogP contribution in [0.3, 0.4) is 0 Å². The van der Waals surface area contributed by atoms with E-state index in [4.69, 9.17) is 0 Å². The molecule has 0 radical (unpaired) electrons. The summed E-state index contributed by atoms with van der Waals surface area (Å²) in [5.41, 5.74) is 0. The Labute approximate surface area is 110 Å². The summed E-state index contributed by atoms with van der Waals surface area (Å²) in [6.45, 7) is 10.00. The van der Waals surface area contributed by atoms with Crippen molar-refractivity contribution < 1.29 is 0 Å². The highest BCUT2D eigenvalue weighted by Crippen LogP contribution is 2.28. The number of aromatic nitrogens is 1. The molecule has 0 fully saturated rings. The molecule has 2 nitrogen and oxygen atoms in total. The molecule has 0 aromatic carbocycles. The topological polar surface area (TPSA) is 24.9 Å². The summed E-state index contributed by atoms with van der Waals surface area (Å²) >= 11 is 1.84. The van der Waals surface area contributed by atoms with Gasteiger partial charge in [0.15, 0.2) is 0 Å². The fourth-order valence-corrected chi connectivity index (χ4v) is 2.99. The van der Waals surface area contributed by atoms with Crippen LogP contribution >= 0.6 is 11.3 Å². The second-order valence-corrected chi connectivity index (χ2v) is 5.97. The number of aryl methyl sites for hydroxylation is 1. The number of hydrogen-bond donors (Lipinski definition) is 1. The smallest absolute Gasteiger partial charge is 0.0897 e. The Hall–Kier alpha value is -0.410. The molecular weight excluding hydrogens is 228 g/mol. The Balaban J connectivity index is 2.66. The molecule has 3 heteroatoms. The van der Waals surface area contributed by atoms with Gasteiger partial charge in [0.05, 0.1) is 5.01 Å². The average molecular weight is 254 g/mol. The van der Waals surface area contributed by atoms with Crippen LogP contribution in [0.4, 0.5) is 0 Å². The summed E-state index contributed by atoms with van der Waals surface area (Å²) in [5, 5.41) is 4.84. The molecule has 0 saturated carbocycles. The van der Waals surface area contributed by atoms with Gasteiger partial charge in [-0.25, -0.2) is 4.98 Å². The second kappa shape index (κ2) is 7.83. The van der Waals surface area contributed by atoms with Crippen molar-refractivity contribution in [1.82, 2.24) is 10.3 Å². The third-order valence-corrected chi connectivity index (χ3v) is 4.37. The molecular formula is C14H26N2S. The molecule has 1 aromatic rings. The van der Waals surface area contributed by atoms with Crippen LogP contribution in [-0.2, 0) is 0 Å². The number of hydrogen-bond acceptors (Lipinski definition) is 3. The van der Waals surface area contributed by atoms with Crippen LogP contribution in [0.1, 0.15) is 62.4 Å². The van der Waals surface area contributed by atoms with Gasteiger partial charge >= 0.3 is 0 Å². The summed E-state index contributed by atoms with van der Waals surface area (Å²) in [7, 11) is 0. The largest absolute Gasteiger partial charge is 0.309 e. The molecule has 1 atom stereocenters. The standard InChI is InChI=1S/C14H26N2S/c1-5-8-15-13(9-12(6-2)7-3)14-10-16-11(4)17-14/h10,12-13,15H,5-9H2,1-4H3. The fraction of sp³-hybridized carbons (Fsp3) is 0.786. The van der Waals surface area contributed by atoms with Gasteiger partial charge in [0, 0.05) is 17.1 Å². The van der Waals surface area contributed by atoms with Crippen molar-refractivity contribution in [2.45, 2.75) is 59.4 Å². The summed E-state index contributed by atoms with van der Waals surface area (Å²) in [4.78, 5) is 5.79. The van der Waals surface area contributed by atoms with Gasteiger partial charge in [-0.2, -0.15) is 0 Å². The lowest BCUT2D eigenvalue weighted by molar-refractivity contribution is 0.374. The maximum atomic E-state index is 4.38. The zero-order chi connectivity index (χ0) is 12.7. The minimum Gasteiger partial charge on any atom is -0.309 e. The van der Waals surface area contributed by atoms with Crippen molar-refractivity contribution in [3.05, 3.63) is 16.1 Å². The zero-order valence-electron chi connectivity index (χ0n) is 11.6. The van der Waals surface area contributed by atoms with Gasteiger partial charge in [-0.15, -0.1) is 11.3 Å². The molecule has 0 amide bonds. The minimum absolute atomic E-state index is 0.506. The van der Waals surface area contributed by atoms with E-state index in [1.165, 1.54) is 35.6 Å². The van der Waals surface area contributed by atoms with E-state index in [9.17, 15) is 0 Å². The molecule has 1 aromatic heterocycles.